The van der Waals surface area contributed by atoms with Crippen LogP contribution in [0.2, 0.25) is 0 Å². The maximum atomic E-state index is 12.3. The van der Waals surface area contributed by atoms with Crippen molar-refractivity contribution in [1.82, 2.24) is 9.80 Å². The van der Waals surface area contributed by atoms with Gasteiger partial charge in [0.2, 0.25) is 5.91 Å². The van der Waals surface area contributed by atoms with Crippen molar-refractivity contribution in [2.24, 2.45) is 5.73 Å². The third-order valence-corrected chi connectivity index (χ3v) is 4.44. The van der Waals surface area contributed by atoms with E-state index in [1.807, 2.05) is 9.80 Å². The topological polar surface area (TPSA) is 86.9 Å². The lowest BCUT2D eigenvalue weighted by Gasteiger charge is -2.38. The Hall–Kier alpha value is -1.14. The van der Waals surface area contributed by atoms with Crippen LogP contribution in [0, 0.1) is 0 Å². The fourth-order valence-corrected chi connectivity index (χ4v) is 3.19. The summed E-state index contributed by atoms with van der Waals surface area (Å²) in [6, 6.07) is 0. The molecule has 2 fully saturated rings. The first-order valence-electron chi connectivity index (χ1n) is 7.49. The molecule has 6 nitrogen and oxygen atoms in total. The van der Waals surface area contributed by atoms with E-state index >= 15 is 0 Å². The molecule has 0 bridgehead atoms. The van der Waals surface area contributed by atoms with Gasteiger partial charge in [-0.1, -0.05) is 19.3 Å². The van der Waals surface area contributed by atoms with Crippen molar-refractivity contribution in [2.45, 2.75) is 44.1 Å². The van der Waals surface area contributed by atoms with Crippen molar-refractivity contribution >= 4 is 11.9 Å². The largest absolute Gasteiger partial charge is 0.480 e. The summed E-state index contributed by atoms with van der Waals surface area (Å²) >= 11 is 0. The second-order valence-electron chi connectivity index (χ2n) is 6.15. The zero-order valence-corrected chi connectivity index (χ0v) is 12.0. The summed E-state index contributed by atoms with van der Waals surface area (Å²) in [4.78, 5) is 26.7. The molecule has 20 heavy (non-hydrogen) atoms. The second-order valence-corrected chi connectivity index (χ2v) is 6.15. The summed E-state index contributed by atoms with van der Waals surface area (Å²) in [5, 5.41) is 8.75. The SMILES string of the molecule is NC1(CC(=O)N2CCN(CC(=O)O)CC2)CCCCC1. The highest BCUT2D eigenvalue weighted by Gasteiger charge is 2.32. The zero-order chi connectivity index (χ0) is 14.6. The fourth-order valence-electron chi connectivity index (χ4n) is 3.19. The van der Waals surface area contributed by atoms with Gasteiger partial charge in [-0.25, -0.2) is 0 Å². The van der Waals surface area contributed by atoms with E-state index in [1.165, 1.54) is 6.42 Å². The quantitative estimate of drug-likeness (QED) is 0.773. The number of piperazine rings is 1. The van der Waals surface area contributed by atoms with Gasteiger partial charge in [0.1, 0.15) is 0 Å². The van der Waals surface area contributed by atoms with Crippen LogP contribution in [0.4, 0.5) is 0 Å². The molecule has 1 saturated carbocycles. The molecule has 1 saturated heterocycles. The van der Waals surface area contributed by atoms with Gasteiger partial charge in [0.05, 0.1) is 6.54 Å². The van der Waals surface area contributed by atoms with Crippen LogP contribution in [0.5, 0.6) is 0 Å². The minimum atomic E-state index is -0.812. The average molecular weight is 283 g/mol. The third kappa shape index (κ3) is 4.18. The minimum absolute atomic E-state index is 0.0584. The number of hydrogen-bond donors (Lipinski definition) is 2. The van der Waals surface area contributed by atoms with Crippen LogP contribution in [0.3, 0.4) is 0 Å². The number of carboxylic acids is 1. The average Bonchev–Trinajstić information content (AvgIpc) is 2.39. The van der Waals surface area contributed by atoms with E-state index in [9.17, 15) is 9.59 Å². The smallest absolute Gasteiger partial charge is 0.317 e. The summed E-state index contributed by atoms with van der Waals surface area (Å²) in [5.41, 5.74) is 6.01. The van der Waals surface area contributed by atoms with Gasteiger partial charge in [0.25, 0.3) is 0 Å². The van der Waals surface area contributed by atoms with Crippen molar-refractivity contribution in [3.05, 3.63) is 0 Å². The molecule has 0 aromatic carbocycles. The number of carboxylic acid groups (broad SMARTS) is 1. The first-order chi connectivity index (χ1) is 9.48. The minimum Gasteiger partial charge on any atom is -0.480 e. The Bertz CT molecular complexity index is 359. The number of amides is 1. The van der Waals surface area contributed by atoms with Crippen LogP contribution in [0.1, 0.15) is 38.5 Å². The van der Waals surface area contributed by atoms with Gasteiger partial charge >= 0.3 is 5.97 Å². The molecule has 0 spiro atoms. The summed E-state index contributed by atoms with van der Waals surface area (Å²) in [7, 11) is 0. The molecule has 0 unspecified atom stereocenters. The summed E-state index contributed by atoms with van der Waals surface area (Å²) in [5.74, 6) is -0.683. The van der Waals surface area contributed by atoms with Gasteiger partial charge < -0.3 is 15.7 Å². The number of carbonyl (C=O) groups excluding carboxylic acids is 1. The second kappa shape index (κ2) is 6.54. The Kier molecular flexibility index (Phi) is 4.99. The van der Waals surface area contributed by atoms with E-state index in [1.54, 1.807) is 0 Å². The van der Waals surface area contributed by atoms with E-state index in [2.05, 4.69) is 0 Å². The Morgan fingerprint density at radius 2 is 1.65 bits per heavy atom. The van der Waals surface area contributed by atoms with Crippen LogP contribution in [0.15, 0.2) is 0 Å². The highest BCUT2D eigenvalue weighted by Crippen LogP contribution is 2.29. The van der Waals surface area contributed by atoms with Crippen LogP contribution in [0.25, 0.3) is 0 Å². The molecule has 1 aliphatic carbocycles. The molecule has 0 aromatic heterocycles. The van der Waals surface area contributed by atoms with Gasteiger partial charge in [0.15, 0.2) is 0 Å². The highest BCUT2D eigenvalue weighted by molar-refractivity contribution is 5.77. The van der Waals surface area contributed by atoms with Crippen LogP contribution < -0.4 is 5.73 Å². The van der Waals surface area contributed by atoms with E-state index in [-0.39, 0.29) is 18.0 Å². The maximum absolute atomic E-state index is 12.3. The molecule has 1 heterocycles. The predicted octanol–water partition coefficient (Wildman–Crippen LogP) is 0.267. The van der Waals surface area contributed by atoms with E-state index in [4.69, 9.17) is 10.8 Å². The van der Waals surface area contributed by atoms with Crippen molar-refractivity contribution in [1.29, 1.82) is 0 Å². The molecule has 0 aromatic rings. The number of carbonyl (C=O) groups is 2. The first-order valence-corrected chi connectivity index (χ1v) is 7.49. The van der Waals surface area contributed by atoms with Crippen LogP contribution >= 0.6 is 0 Å². The van der Waals surface area contributed by atoms with Crippen molar-refractivity contribution in [2.75, 3.05) is 32.7 Å². The maximum Gasteiger partial charge on any atom is 0.317 e. The van der Waals surface area contributed by atoms with Crippen molar-refractivity contribution in [3.63, 3.8) is 0 Å². The monoisotopic (exact) mass is 283 g/mol. The molecular formula is C14H25N3O3. The Balaban J connectivity index is 1.78. The lowest BCUT2D eigenvalue weighted by molar-refractivity contribution is -0.139. The molecular weight excluding hydrogens is 258 g/mol. The molecule has 3 N–H and O–H groups in total. The Morgan fingerprint density at radius 1 is 1.05 bits per heavy atom. The van der Waals surface area contributed by atoms with Crippen molar-refractivity contribution in [3.8, 4) is 0 Å². The van der Waals surface area contributed by atoms with Gasteiger partial charge in [-0.15, -0.1) is 0 Å². The van der Waals surface area contributed by atoms with Gasteiger partial charge in [0, 0.05) is 38.1 Å². The van der Waals surface area contributed by atoms with E-state index in [0.29, 0.717) is 32.6 Å². The molecule has 1 aliphatic heterocycles. The van der Waals surface area contributed by atoms with Crippen LogP contribution in [-0.4, -0.2) is 65.0 Å². The Morgan fingerprint density at radius 3 is 2.20 bits per heavy atom. The molecule has 114 valence electrons. The molecule has 0 radical (unpaired) electrons. The third-order valence-electron chi connectivity index (χ3n) is 4.44. The summed E-state index contributed by atoms with van der Waals surface area (Å²) < 4.78 is 0. The summed E-state index contributed by atoms with van der Waals surface area (Å²) in [6.07, 6.45) is 5.79. The lowest BCUT2D eigenvalue weighted by Crippen LogP contribution is -2.53. The Labute approximate surface area is 119 Å². The fraction of sp³-hybridized carbons (Fsp3) is 0.857. The molecule has 0 atom stereocenters. The van der Waals surface area contributed by atoms with Crippen molar-refractivity contribution < 1.29 is 14.7 Å². The van der Waals surface area contributed by atoms with Gasteiger partial charge in [-0.3, -0.25) is 14.5 Å². The summed E-state index contributed by atoms with van der Waals surface area (Å²) in [6.45, 7) is 2.55. The highest BCUT2D eigenvalue weighted by atomic mass is 16.4. The molecule has 2 rings (SSSR count). The number of aliphatic carboxylic acids is 1. The predicted molar refractivity (Wildman–Crippen MR) is 75.3 cm³/mol. The first kappa shape index (κ1) is 15.3. The number of hydrogen-bond acceptors (Lipinski definition) is 4. The van der Waals surface area contributed by atoms with E-state index < -0.39 is 5.97 Å². The standard InChI is InChI=1S/C14H25N3O3/c15-14(4-2-1-3-5-14)10-12(18)17-8-6-16(7-9-17)11-13(19)20/h1-11,15H2,(H,19,20). The molecule has 6 heteroatoms. The van der Waals surface area contributed by atoms with Gasteiger partial charge in [-0.2, -0.15) is 0 Å². The zero-order valence-electron chi connectivity index (χ0n) is 12.0. The van der Waals surface area contributed by atoms with E-state index in [0.717, 1.165) is 25.7 Å². The van der Waals surface area contributed by atoms with Crippen LogP contribution in [-0.2, 0) is 9.59 Å². The molecule has 1 amide bonds. The number of nitrogens with two attached hydrogens (primary N) is 1. The number of nitrogens with zero attached hydrogens (tertiary/aromatic N) is 2. The lowest BCUT2D eigenvalue weighted by atomic mass is 9.80. The molecule has 2 aliphatic rings. The number of rotatable bonds is 4. The van der Waals surface area contributed by atoms with Gasteiger partial charge in [-0.05, 0) is 12.8 Å². The normalized spacial score (nSPS) is 23.6.